The first-order valence-corrected chi connectivity index (χ1v) is 8.83. The molecule has 0 aliphatic rings. The molecular formula is C19H22BrN3O2. The van der Waals surface area contributed by atoms with Crippen molar-refractivity contribution >= 4 is 33.7 Å². The number of hydrazone groups is 1. The van der Waals surface area contributed by atoms with E-state index in [1.165, 1.54) is 0 Å². The van der Waals surface area contributed by atoms with Gasteiger partial charge in [0, 0.05) is 24.1 Å². The maximum atomic E-state index is 12.1. The fourth-order valence-corrected chi connectivity index (χ4v) is 2.87. The van der Waals surface area contributed by atoms with Crippen LogP contribution in [-0.2, 0) is 0 Å². The quantitative estimate of drug-likeness (QED) is 0.559. The van der Waals surface area contributed by atoms with Gasteiger partial charge >= 0.3 is 0 Å². The molecule has 2 aromatic rings. The van der Waals surface area contributed by atoms with Crippen molar-refractivity contribution in [2.75, 3.05) is 25.6 Å². The SMILES string of the molecule is CCCOc1ccc(C(=O)N/N=C\c2ccc(N(C)C)c(Br)c2)cc1. The standard InChI is InChI=1S/C19H22BrN3O2/c1-4-11-25-16-8-6-15(7-9-16)19(24)22-21-13-14-5-10-18(23(2)3)17(20)12-14/h5-10,12-13H,4,11H2,1-3H3,(H,22,24)/b21-13-. The second-order valence-electron chi connectivity index (χ2n) is 5.68. The summed E-state index contributed by atoms with van der Waals surface area (Å²) in [6.07, 6.45) is 2.56. The van der Waals surface area contributed by atoms with Crippen LogP contribution in [0.1, 0.15) is 29.3 Å². The van der Waals surface area contributed by atoms with E-state index in [1.807, 2.05) is 44.1 Å². The van der Waals surface area contributed by atoms with Gasteiger partial charge in [-0.3, -0.25) is 4.79 Å². The average Bonchev–Trinajstić information content (AvgIpc) is 2.60. The van der Waals surface area contributed by atoms with Crippen molar-refractivity contribution in [2.45, 2.75) is 13.3 Å². The molecule has 0 radical (unpaired) electrons. The van der Waals surface area contributed by atoms with E-state index in [1.54, 1.807) is 30.5 Å². The van der Waals surface area contributed by atoms with Crippen LogP contribution in [0, 0.1) is 0 Å². The normalized spacial score (nSPS) is 10.7. The number of anilines is 1. The minimum atomic E-state index is -0.262. The minimum absolute atomic E-state index is 0.262. The Bertz CT molecular complexity index is 743. The van der Waals surface area contributed by atoms with E-state index in [-0.39, 0.29) is 5.91 Å². The number of hydrogen-bond donors (Lipinski definition) is 1. The maximum Gasteiger partial charge on any atom is 0.271 e. The van der Waals surface area contributed by atoms with Gasteiger partial charge in [-0.1, -0.05) is 13.0 Å². The molecule has 0 aliphatic heterocycles. The van der Waals surface area contributed by atoms with Crippen molar-refractivity contribution in [2.24, 2.45) is 5.10 Å². The molecule has 0 spiro atoms. The largest absolute Gasteiger partial charge is 0.494 e. The number of carbonyl (C=O) groups is 1. The molecule has 0 unspecified atom stereocenters. The van der Waals surface area contributed by atoms with Crippen LogP contribution >= 0.6 is 15.9 Å². The van der Waals surface area contributed by atoms with Crippen LogP contribution in [0.15, 0.2) is 52.0 Å². The molecule has 25 heavy (non-hydrogen) atoms. The Balaban J connectivity index is 1.95. The van der Waals surface area contributed by atoms with Gasteiger partial charge in [0.05, 0.1) is 18.5 Å². The zero-order valence-electron chi connectivity index (χ0n) is 14.6. The molecule has 1 N–H and O–H groups in total. The first-order valence-electron chi connectivity index (χ1n) is 8.04. The first kappa shape index (κ1) is 19.0. The van der Waals surface area contributed by atoms with Gasteiger partial charge in [-0.2, -0.15) is 5.10 Å². The van der Waals surface area contributed by atoms with Crippen LogP contribution in [0.4, 0.5) is 5.69 Å². The highest BCUT2D eigenvalue weighted by Gasteiger charge is 2.05. The second kappa shape index (κ2) is 9.22. The predicted octanol–water partition coefficient (Wildman–Crippen LogP) is 4.07. The number of nitrogens with zero attached hydrogens (tertiary/aromatic N) is 2. The van der Waals surface area contributed by atoms with Gasteiger partial charge in [-0.25, -0.2) is 5.43 Å². The Hall–Kier alpha value is -2.34. The summed E-state index contributed by atoms with van der Waals surface area (Å²) < 4.78 is 6.47. The molecular weight excluding hydrogens is 382 g/mol. The van der Waals surface area contributed by atoms with Crippen molar-refractivity contribution in [3.8, 4) is 5.75 Å². The summed E-state index contributed by atoms with van der Waals surface area (Å²) >= 11 is 3.53. The van der Waals surface area contributed by atoms with E-state index in [4.69, 9.17) is 4.74 Å². The molecule has 0 heterocycles. The van der Waals surface area contributed by atoms with E-state index < -0.39 is 0 Å². The van der Waals surface area contributed by atoms with Crippen LogP contribution in [0.2, 0.25) is 0 Å². The highest BCUT2D eigenvalue weighted by molar-refractivity contribution is 9.10. The zero-order chi connectivity index (χ0) is 18.2. The number of carbonyl (C=O) groups excluding carboxylic acids is 1. The zero-order valence-corrected chi connectivity index (χ0v) is 16.2. The molecule has 0 saturated heterocycles. The Morgan fingerprint density at radius 3 is 2.56 bits per heavy atom. The van der Waals surface area contributed by atoms with Crippen molar-refractivity contribution in [1.29, 1.82) is 0 Å². The van der Waals surface area contributed by atoms with E-state index in [9.17, 15) is 4.79 Å². The molecule has 2 aromatic carbocycles. The number of amides is 1. The van der Waals surface area contributed by atoms with Crippen molar-refractivity contribution in [1.82, 2.24) is 5.43 Å². The van der Waals surface area contributed by atoms with Gasteiger partial charge in [0.1, 0.15) is 5.75 Å². The second-order valence-corrected chi connectivity index (χ2v) is 6.53. The molecule has 5 nitrogen and oxygen atoms in total. The Morgan fingerprint density at radius 1 is 1.24 bits per heavy atom. The van der Waals surface area contributed by atoms with Gasteiger partial charge in [0.15, 0.2) is 0 Å². The molecule has 0 fully saturated rings. The summed E-state index contributed by atoms with van der Waals surface area (Å²) in [7, 11) is 3.96. The summed E-state index contributed by atoms with van der Waals surface area (Å²) in [5.41, 5.74) is 5.03. The fourth-order valence-electron chi connectivity index (χ4n) is 2.12. The van der Waals surface area contributed by atoms with Crippen LogP contribution in [0.5, 0.6) is 5.75 Å². The summed E-state index contributed by atoms with van der Waals surface area (Å²) in [6, 6.07) is 12.9. The van der Waals surface area contributed by atoms with Crippen molar-refractivity contribution < 1.29 is 9.53 Å². The summed E-state index contributed by atoms with van der Waals surface area (Å²) in [6.45, 7) is 2.71. The molecule has 0 aliphatic carbocycles. The van der Waals surface area contributed by atoms with E-state index in [2.05, 4.69) is 26.5 Å². The Kier molecular flexibility index (Phi) is 7.01. The van der Waals surface area contributed by atoms with Crippen molar-refractivity contribution in [3.05, 3.63) is 58.1 Å². The van der Waals surface area contributed by atoms with Crippen LogP contribution < -0.4 is 15.1 Å². The smallest absolute Gasteiger partial charge is 0.271 e. The molecule has 132 valence electrons. The van der Waals surface area contributed by atoms with E-state index in [0.29, 0.717) is 12.2 Å². The third-order valence-corrected chi connectivity index (χ3v) is 4.06. The van der Waals surface area contributed by atoms with Crippen LogP contribution in [0.3, 0.4) is 0 Å². The topological polar surface area (TPSA) is 53.9 Å². The Morgan fingerprint density at radius 2 is 1.96 bits per heavy atom. The third-order valence-electron chi connectivity index (χ3n) is 3.42. The van der Waals surface area contributed by atoms with E-state index >= 15 is 0 Å². The first-order chi connectivity index (χ1) is 12.0. The monoisotopic (exact) mass is 403 g/mol. The molecule has 0 aromatic heterocycles. The molecule has 0 bridgehead atoms. The molecule has 0 saturated carbocycles. The maximum absolute atomic E-state index is 12.1. The van der Waals surface area contributed by atoms with E-state index in [0.717, 1.165) is 27.9 Å². The van der Waals surface area contributed by atoms with Crippen LogP contribution in [-0.4, -0.2) is 32.8 Å². The lowest BCUT2D eigenvalue weighted by Crippen LogP contribution is -2.17. The number of ether oxygens (including phenoxy) is 1. The number of rotatable bonds is 7. The molecule has 1 amide bonds. The van der Waals surface area contributed by atoms with Gasteiger partial charge in [-0.15, -0.1) is 0 Å². The minimum Gasteiger partial charge on any atom is -0.494 e. The summed E-state index contributed by atoms with van der Waals surface area (Å²) in [5, 5.41) is 4.02. The van der Waals surface area contributed by atoms with Gasteiger partial charge in [-0.05, 0) is 64.3 Å². The lowest BCUT2D eigenvalue weighted by molar-refractivity contribution is 0.0955. The lowest BCUT2D eigenvalue weighted by atomic mass is 10.2. The fraction of sp³-hybridized carbons (Fsp3) is 0.263. The lowest BCUT2D eigenvalue weighted by Gasteiger charge is -2.14. The number of nitrogens with one attached hydrogen (secondary N) is 1. The number of benzene rings is 2. The molecule has 6 heteroatoms. The number of halogens is 1. The van der Waals surface area contributed by atoms with Gasteiger partial charge in [0.2, 0.25) is 0 Å². The summed E-state index contributed by atoms with van der Waals surface area (Å²) in [5.74, 6) is 0.495. The van der Waals surface area contributed by atoms with Crippen LogP contribution in [0.25, 0.3) is 0 Å². The number of hydrogen-bond acceptors (Lipinski definition) is 4. The third kappa shape index (κ3) is 5.60. The summed E-state index contributed by atoms with van der Waals surface area (Å²) in [4.78, 5) is 14.1. The predicted molar refractivity (Wildman–Crippen MR) is 106 cm³/mol. The Labute approximate surface area is 156 Å². The highest BCUT2D eigenvalue weighted by atomic mass is 79.9. The van der Waals surface area contributed by atoms with Gasteiger partial charge < -0.3 is 9.64 Å². The molecule has 0 atom stereocenters. The molecule has 2 rings (SSSR count). The van der Waals surface area contributed by atoms with Crippen molar-refractivity contribution in [3.63, 3.8) is 0 Å². The highest BCUT2D eigenvalue weighted by Crippen LogP contribution is 2.25. The average molecular weight is 404 g/mol. The van der Waals surface area contributed by atoms with Gasteiger partial charge in [0.25, 0.3) is 5.91 Å².